The summed E-state index contributed by atoms with van der Waals surface area (Å²) < 4.78 is 5.37. The highest BCUT2D eigenvalue weighted by molar-refractivity contribution is 6.08. The number of ether oxygens (including phenoxy) is 1. The van der Waals surface area contributed by atoms with Crippen LogP contribution in [0.4, 0.5) is 10.5 Å². The average molecular weight is 347 g/mol. The lowest BCUT2D eigenvalue weighted by Gasteiger charge is -2.24. The number of carbonyl (C=O) groups is 1. The van der Waals surface area contributed by atoms with Crippen molar-refractivity contribution in [2.75, 3.05) is 11.4 Å². The summed E-state index contributed by atoms with van der Waals surface area (Å²) in [7, 11) is 0. The summed E-state index contributed by atoms with van der Waals surface area (Å²) in [5.74, 6) is 0.857. The fourth-order valence-corrected chi connectivity index (χ4v) is 3.33. The standard InChI is InChI=1S/C21H21N3O2/c1-15-13-24-19-10-6-5-9-17(19)11-12-18(20(24)22-15)23-21(25)26-14-16-7-3-2-4-8-16/h2-12,15,18H,13-14H2,1H3,(H,23,25). The van der Waals surface area contributed by atoms with E-state index in [-0.39, 0.29) is 18.7 Å². The molecular formula is C21H21N3O2. The van der Waals surface area contributed by atoms with Crippen molar-refractivity contribution in [3.8, 4) is 0 Å². The zero-order chi connectivity index (χ0) is 17.9. The Kier molecular flexibility index (Phi) is 4.44. The van der Waals surface area contributed by atoms with Crippen LogP contribution in [0.15, 0.2) is 65.7 Å². The van der Waals surface area contributed by atoms with Gasteiger partial charge in [0.1, 0.15) is 18.5 Å². The second kappa shape index (κ2) is 7.04. The van der Waals surface area contributed by atoms with Crippen molar-refractivity contribution >= 4 is 23.7 Å². The van der Waals surface area contributed by atoms with E-state index >= 15 is 0 Å². The van der Waals surface area contributed by atoms with E-state index in [1.807, 2.05) is 54.6 Å². The van der Waals surface area contributed by atoms with E-state index in [4.69, 9.17) is 9.73 Å². The topological polar surface area (TPSA) is 53.9 Å². The maximum atomic E-state index is 12.3. The molecular weight excluding hydrogens is 326 g/mol. The average Bonchev–Trinajstić information content (AvgIpc) is 3.00. The van der Waals surface area contributed by atoms with E-state index in [1.54, 1.807) is 0 Å². The van der Waals surface area contributed by atoms with Crippen molar-refractivity contribution in [1.82, 2.24) is 5.32 Å². The van der Waals surface area contributed by atoms with Gasteiger partial charge in [-0.15, -0.1) is 0 Å². The summed E-state index contributed by atoms with van der Waals surface area (Å²) >= 11 is 0. The van der Waals surface area contributed by atoms with E-state index in [0.29, 0.717) is 0 Å². The first-order chi connectivity index (χ1) is 12.7. The van der Waals surface area contributed by atoms with Gasteiger partial charge in [0.2, 0.25) is 0 Å². The van der Waals surface area contributed by atoms with E-state index < -0.39 is 6.09 Å². The number of aliphatic imine (C=N–C) groups is 1. The molecule has 4 rings (SSSR count). The zero-order valence-corrected chi connectivity index (χ0v) is 14.6. The van der Waals surface area contributed by atoms with Gasteiger partial charge < -0.3 is 15.0 Å². The molecule has 0 aliphatic carbocycles. The number of para-hydroxylation sites is 1. The van der Waals surface area contributed by atoms with Gasteiger partial charge >= 0.3 is 6.09 Å². The number of anilines is 1. The monoisotopic (exact) mass is 347 g/mol. The minimum atomic E-state index is -0.448. The highest BCUT2D eigenvalue weighted by Gasteiger charge is 2.32. The molecule has 0 spiro atoms. The van der Waals surface area contributed by atoms with Gasteiger partial charge in [-0.1, -0.05) is 60.7 Å². The summed E-state index contributed by atoms with van der Waals surface area (Å²) in [6, 6.07) is 17.7. The Labute approximate surface area is 153 Å². The van der Waals surface area contributed by atoms with Crippen LogP contribution in [-0.4, -0.2) is 30.6 Å². The van der Waals surface area contributed by atoms with Crippen LogP contribution in [0.1, 0.15) is 18.1 Å². The highest BCUT2D eigenvalue weighted by atomic mass is 16.5. The number of rotatable bonds is 3. The van der Waals surface area contributed by atoms with Crippen LogP contribution in [0, 0.1) is 0 Å². The smallest absolute Gasteiger partial charge is 0.408 e. The third kappa shape index (κ3) is 3.33. The number of amidine groups is 1. The lowest BCUT2D eigenvalue weighted by Crippen LogP contribution is -2.45. The Morgan fingerprint density at radius 1 is 1.19 bits per heavy atom. The normalized spacial score (nSPS) is 20.7. The molecule has 1 amide bonds. The molecule has 0 bridgehead atoms. The van der Waals surface area contributed by atoms with Crippen LogP contribution in [-0.2, 0) is 11.3 Å². The largest absolute Gasteiger partial charge is 0.445 e. The molecule has 0 fully saturated rings. The third-order valence-corrected chi connectivity index (χ3v) is 4.54. The third-order valence-electron chi connectivity index (χ3n) is 4.54. The van der Waals surface area contributed by atoms with Gasteiger partial charge in [0.15, 0.2) is 0 Å². The van der Waals surface area contributed by atoms with Crippen LogP contribution >= 0.6 is 0 Å². The summed E-state index contributed by atoms with van der Waals surface area (Å²) in [5, 5.41) is 2.94. The van der Waals surface area contributed by atoms with Crippen LogP contribution in [0.5, 0.6) is 0 Å². The molecule has 0 aromatic heterocycles. The Morgan fingerprint density at radius 2 is 1.96 bits per heavy atom. The maximum Gasteiger partial charge on any atom is 0.408 e. The van der Waals surface area contributed by atoms with Crippen LogP contribution in [0.2, 0.25) is 0 Å². The molecule has 2 aliphatic rings. The van der Waals surface area contributed by atoms with Crippen molar-refractivity contribution in [2.24, 2.45) is 4.99 Å². The van der Waals surface area contributed by atoms with Gasteiger partial charge in [-0.3, -0.25) is 4.99 Å². The molecule has 132 valence electrons. The van der Waals surface area contributed by atoms with Gasteiger partial charge in [-0.2, -0.15) is 0 Å². The molecule has 2 unspecified atom stereocenters. The van der Waals surface area contributed by atoms with Crippen LogP contribution in [0.25, 0.3) is 6.08 Å². The fourth-order valence-electron chi connectivity index (χ4n) is 3.33. The van der Waals surface area contributed by atoms with Gasteiger partial charge in [0.05, 0.1) is 6.04 Å². The molecule has 2 aliphatic heterocycles. The predicted octanol–water partition coefficient (Wildman–Crippen LogP) is 3.62. The van der Waals surface area contributed by atoms with Gasteiger partial charge in [0.25, 0.3) is 0 Å². The summed E-state index contributed by atoms with van der Waals surface area (Å²) in [6.45, 7) is 3.14. The first kappa shape index (κ1) is 16.4. The molecule has 2 atom stereocenters. The molecule has 2 aromatic rings. The van der Waals surface area contributed by atoms with E-state index in [1.165, 1.54) is 0 Å². The van der Waals surface area contributed by atoms with Crippen LogP contribution < -0.4 is 10.2 Å². The number of benzene rings is 2. The zero-order valence-electron chi connectivity index (χ0n) is 14.6. The second-order valence-electron chi connectivity index (χ2n) is 6.55. The van der Waals surface area contributed by atoms with Crippen molar-refractivity contribution < 1.29 is 9.53 Å². The Bertz CT molecular complexity index is 861. The van der Waals surface area contributed by atoms with Gasteiger partial charge in [-0.25, -0.2) is 4.79 Å². The Morgan fingerprint density at radius 3 is 2.81 bits per heavy atom. The predicted molar refractivity (Wildman–Crippen MR) is 103 cm³/mol. The summed E-state index contributed by atoms with van der Waals surface area (Å²) in [6.07, 6.45) is 3.55. The molecule has 0 radical (unpaired) electrons. The maximum absolute atomic E-state index is 12.3. The van der Waals surface area contributed by atoms with E-state index in [2.05, 4.69) is 29.3 Å². The Hall–Kier alpha value is -3.08. The molecule has 26 heavy (non-hydrogen) atoms. The summed E-state index contributed by atoms with van der Waals surface area (Å²) in [5.41, 5.74) is 3.20. The van der Waals surface area contributed by atoms with E-state index in [0.717, 1.165) is 29.2 Å². The number of hydrogen-bond acceptors (Lipinski definition) is 4. The molecule has 5 heteroatoms. The Balaban J connectivity index is 1.49. The van der Waals surface area contributed by atoms with Crippen molar-refractivity contribution in [2.45, 2.75) is 25.6 Å². The lowest BCUT2D eigenvalue weighted by atomic mass is 10.1. The number of carbonyl (C=O) groups excluding carboxylic acids is 1. The molecule has 0 saturated heterocycles. The first-order valence-electron chi connectivity index (χ1n) is 8.80. The van der Waals surface area contributed by atoms with Crippen molar-refractivity contribution in [1.29, 1.82) is 0 Å². The number of hydrogen-bond donors (Lipinski definition) is 1. The van der Waals surface area contributed by atoms with Crippen molar-refractivity contribution in [3.05, 3.63) is 71.8 Å². The van der Waals surface area contributed by atoms with E-state index in [9.17, 15) is 4.79 Å². The number of alkyl carbamates (subject to hydrolysis) is 1. The minimum Gasteiger partial charge on any atom is -0.445 e. The number of nitrogens with one attached hydrogen (secondary N) is 1. The highest BCUT2D eigenvalue weighted by Crippen LogP contribution is 2.29. The minimum absolute atomic E-state index is 0.189. The fraction of sp³-hybridized carbons (Fsp3) is 0.238. The first-order valence-corrected chi connectivity index (χ1v) is 8.80. The van der Waals surface area contributed by atoms with Crippen LogP contribution in [0.3, 0.4) is 0 Å². The molecule has 2 heterocycles. The quantitative estimate of drug-likeness (QED) is 0.923. The molecule has 2 aromatic carbocycles. The lowest BCUT2D eigenvalue weighted by molar-refractivity contribution is 0.139. The van der Waals surface area contributed by atoms with Gasteiger partial charge in [-0.05, 0) is 24.1 Å². The van der Waals surface area contributed by atoms with Crippen molar-refractivity contribution in [3.63, 3.8) is 0 Å². The second-order valence-corrected chi connectivity index (χ2v) is 6.55. The summed E-state index contributed by atoms with van der Waals surface area (Å²) in [4.78, 5) is 19.2. The number of fused-ring (bicyclic) bond motifs is 3. The SMILES string of the molecule is CC1CN2C(=N1)C(NC(=O)OCc1ccccc1)C=Cc1ccccc12. The molecule has 0 saturated carbocycles. The number of amides is 1. The van der Waals surface area contributed by atoms with Gasteiger partial charge in [0, 0.05) is 12.2 Å². The molecule has 5 nitrogen and oxygen atoms in total. The molecule has 1 N–H and O–H groups in total. The number of nitrogens with zero attached hydrogens (tertiary/aromatic N) is 2.